The zero-order chi connectivity index (χ0) is 26.6. The van der Waals surface area contributed by atoms with Crippen LogP contribution in [-0.4, -0.2) is 58.0 Å². The second-order valence-corrected chi connectivity index (χ2v) is 10.6. The zero-order valence-electron chi connectivity index (χ0n) is 20.6. The molecule has 194 valence electrons. The largest absolute Gasteiger partial charge is 0.339 e. The van der Waals surface area contributed by atoms with E-state index >= 15 is 0 Å². The number of aromatic nitrogens is 2. The molecule has 1 fully saturated rings. The fraction of sp³-hybridized carbons (Fsp3) is 0.241. The molecule has 4 aromatic rings. The summed E-state index contributed by atoms with van der Waals surface area (Å²) in [6.07, 6.45) is 1.42. The molecule has 2 heterocycles. The summed E-state index contributed by atoms with van der Waals surface area (Å²) in [6, 6.07) is 19.8. The van der Waals surface area contributed by atoms with Crippen LogP contribution in [0.15, 0.2) is 71.5 Å². The first-order chi connectivity index (χ1) is 18.4. The number of benzene rings is 3. The Hall–Kier alpha value is -3.60. The van der Waals surface area contributed by atoms with Crippen LogP contribution < -0.4 is 5.56 Å². The van der Waals surface area contributed by atoms with E-state index < -0.39 is 11.7 Å². The van der Waals surface area contributed by atoms with E-state index in [-0.39, 0.29) is 17.0 Å². The molecular formula is C29H26FIN4O3. The van der Waals surface area contributed by atoms with Gasteiger partial charge in [0.2, 0.25) is 5.91 Å². The van der Waals surface area contributed by atoms with Gasteiger partial charge in [0.25, 0.3) is 11.5 Å². The molecule has 1 aliphatic rings. The van der Waals surface area contributed by atoms with Crippen molar-refractivity contribution in [3.8, 4) is 0 Å². The summed E-state index contributed by atoms with van der Waals surface area (Å²) in [5, 5.41) is 7.95. The van der Waals surface area contributed by atoms with Gasteiger partial charge in [0, 0.05) is 48.0 Å². The van der Waals surface area contributed by atoms with E-state index in [2.05, 4.69) is 32.8 Å². The highest BCUT2D eigenvalue weighted by Crippen LogP contribution is 2.20. The number of fused-ring (bicyclic) bond motifs is 1. The molecule has 1 aliphatic heterocycles. The first-order valence-corrected chi connectivity index (χ1v) is 13.5. The molecule has 0 saturated carbocycles. The smallest absolute Gasteiger partial charge is 0.272 e. The molecule has 1 saturated heterocycles. The Bertz CT molecular complexity index is 1550. The van der Waals surface area contributed by atoms with Crippen molar-refractivity contribution in [3.05, 3.63) is 109 Å². The van der Waals surface area contributed by atoms with Gasteiger partial charge in [0.05, 0.1) is 16.6 Å². The van der Waals surface area contributed by atoms with Gasteiger partial charge in [-0.05, 0) is 70.5 Å². The number of H-pyrrole nitrogens is 1. The van der Waals surface area contributed by atoms with Crippen molar-refractivity contribution in [2.45, 2.75) is 19.3 Å². The third-order valence-electron chi connectivity index (χ3n) is 6.87. The Labute approximate surface area is 232 Å². The van der Waals surface area contributed by atoms with Crippen molar-refractivity contribution in [1.82, 2.24) is 20.0 Å². The number of aryl methyl sites for hydroxylation is 1. The topological polar surface area (TPSA) is 86.4 Å². The molecule has 2 amide bonds. The summed E-state index contributed by atoms with van der Waals surface area (Å²) < 4.78 is 15.9. The minimum atomic E-state index is -0.589. The summed E-state index contributed by atoms with van der Waals surface area (Å²) in [4.78, 5) is 41.4. The molecule has 0 radical (unpaired) electrons. The molecule has 7 nitrogen and oxygen atoms in total. The average Bonchev–Trinajstić information content (AvgIpc) is 2.95. The Morgan fingerprint density at radius 3 is 2.29 bits per heavy atom. The Kier molecular flexibility index (Phi) is 7.82. The monoisotopic (exact) mass is 624 g/mol. The molecule has 0 atom stereocenters. The molecule has 9 heteroatoms. The van der Waals surface area contributed by atoms with Crippen LogP contribution in [0, 0.1) is 9.39 Å². The van der Waals surface area contributed by atoms with E-state index in [9.17, 15) is 18.8 Å². The van der Waals surface area contributed by atoms with E-state index in [1.807, 2.05) is 36.4 Å². The quantitative estimate of drug-likeness (QED) is 0.327. The number of amides is 2. The van der Waals surface area contributed by atoms with Gasteiger partial charge in [-0.1, -0.05) is 36.4 Å². The number of nitrogens with one attached hydrogen (secondary N) is 1. The summed E-state index contributed by atoms with van der Waals surface area (Å²) in [5.74, 6) is -0.923. The Morgan fingerprint density at radius 2 is 1.55 bits per heavy atom. The number of nitrogens with zero attached hydrogens (tertiary/aromatic N) is 3. The summed E-state index contributed by atoms with van der Waals surface area (Å²) in [5.41, 5.74) is 2.20. The Balaban J connectivity index is 1.22. The van der Waals surface area contributed by atoms with Gasteiger partial charge in [-0.15, -0.1) is 0 Å². The van der Waals surface area contributed by atoms with Crippen molar-refractivity contribution in [1.29, 1.82) is 0 Å². The maximum Gasteiger partial charge on any atom is 0.272 e. The lowest BCUT2D eigenvalue weighted by atomic mass is 10.0. The first-order valence-electron chi connectivity index (χ1n) is 12.5. The van der Waals surface area contributed by atoms with Gasteiger partial charge in [0.1, 0.15) is 5.82 Å². The highest BCUT2D eigenvalue weighted by atomic mass is 127. The van der Waals surface area contributed by atoms with Crippen LogP contribution in [0.25, 0.3) is 10.8 Å². The highest BCUT2D eigenvalue weighted by Gasteiger charge is 2.26. The molecule has 0 aliphatic carbocycles. The number of carbonyl (C=O) groups is 2. The lowest BCUT2D eigenvalue weighted by Crippen LogP contribution is -2.50. The van der Waals surface area contributed by atoms with Gasteiger partial charge in [-0.25, -0.2) is 9.49 Å². The van der Waals surface area contributed by atoms with Crippen molar-refractivity contribution in [3.63, 3.8) is 0 Å². The second kappa shape index (κ2) is 11.4. The fourth-order valence-electron chi connectivity index (χ4n) is 4.74. The lowest BCUT2D eigenvalue weighted by Gasteiger charge is -2.35. The third kappa shape index (κ3) is 5.77. The fourth-order valence-corrected chi connectivity index (χ4v) is 5.10. The SMILES string of the molecule is O=C(CCc1ccc(I)cc1)N1CCN(C(=O)c2cc(Cc3n[nH]c(=O)c4ccccc34)ccc2F)CC1. The minimum Gasteiger partial charge on any atom is -0.339 e. The Morgan fingerprint density at radius 1 is 0.895 bits per heavy atom. The minimum absolute atomic E-state index is 0.00489. The molecule has 38 heavy (non-hydrogen) atoms. The van der Waals surface area contributed by atoms with Crippen LogP contribution in [0.2, 0.25) is 0 Å². The summed E-state index contributed by atoms with van der Waals surface area (Å²) >= 11 is 2.25. The van der Waals surface area contributed by atoms with Crippen molar-refractivity contribution in [2.75, 3.05) is 26.2 Å². The van der Waals surface area contributed by atoms with E-state index in [1.54, 1.807) is 34.1 Å². The van der Waals surface area contributed by atoms with Crippen LogP contribution in [0.5, 0.6) is 0 Å². The summed E-state index contributed by atoms with van der Waals surface area (Å²) in [7, 11) is 0. The molecule has 3 aromatic carbocycles. The summed E-state index contributed by atoms with van der Waals surface area (Å²) in [6.45, 7) is 1.55. The lowest BCUT2D eigenvalue weighted by molar-refractivity contribution is -0.132. The van der Waals surface area contributed by atoms with Gasteiger partial charge in [0.15, 0.2) is 0 Å². The van der Waals surface area contributed by atoms with E-state index in [4.69, 9.17) is 0 Å². The number of hydrogen-bond acceptors (Lipinski definition) is 4. The van der Waals surface area contributed by atoms with Crippen LogP contribution >= 0.6 is 22.6 Å². The number of halogens is 2. The maximum absolute atomic E-state index is 14.7. The van der Waals surface area contributed by atoms with Crippen molar-refractivity contribution >= 4 is 45.2 Å². The predicted molar refractivity (Wildman–Crippen MR) is 152 cm³/mol. The number of piperazine rings is 1. The normalized spacial score (nSPS) is 13.6. The number of hydrogen-bond donors (Lipinski definition) is 1. The molecule has 0 unspecified atom stereocenters. The van der Waals surface area contributed by atoms with Crippen LogP contribution in [0.3, 0.4) is 0 Å². The predicted octanol–water partition coefficient (Wildman–Crippen LogP) is 4.17. The van der Waals surface area contributed by atoms with Crippen LogP contribution in [0.4, 0.5) is 4.39 Å². The molecule has 5 rings (SSSR count). The van der Waals surface area contributed by atoms with Gasteiger partial charge in [-0.3, -0.25) is 14.4 Å². The van der Waals surface area contributed by atoms with Crippen molar-refractivity contribution < 1.29 is 14.0 Å². The van der Waals surface area contributed by atoms with Gasteiger partial charge < -0.3 is 9.80 Å². The van der Waals surface area contributed by atoms with E-state index in [0.717, 1.165) is 14.5 Å². The number of carbonyl (C=O) groups excluding carboxylic acids is 2. The third-order valence-corrected chi connectivity index (χ3v) is 7.59. The van der Waals surface area contributed by atoms with Gasteiger partial charge in [-0.2, -0.15) is 5.10 Å². The van der Waals surface area contributed by atoms with E-state index in [1.165, 1.54) is 6.07 Å². The second-order valence-electron chi connectivity index (χ2n) is 9.34. The molecular weight excluding hydrogens is 598 g/mol. The number of rotatable bonds is 6. The van der Waals surface area contributed by atoms with Crippen LogP contribution in [-0.2, 0) is 17.6 Å². The molecule has 1 N–H and O–H groups in total. The molecule has 0 spiro atoms. The van der Waals surface area contributed by atoms with Crippen molar-refractivity contribution in [2.24, 2.45) is 0 Å². The molecule has 0 bridgehead atoms. The maximum atomic E-state index is 14.7. The van der Waals surface area contributed by atoms with Crippen LogP contribution in [0.1, 0.15) is 33.6 Å². The highest BCUT2D eigenvalue weighted by molar-refractivity contribution is 14.1. The first kappa shape index (κ1) is 26.0. The standard InChI is InChI=1S/C29H26FIN4O3/c30-25-11-7-20(18-26-22-3-1-2-4-23(22)28(37)33-32-26)17-24(25)29(38)35-15-13-34(14-16-35)27(36)12-8-19-5-9-21(31)10-6-19/h1-7,9-11,17H,8,12-16,18H2,(H,33,37). The molecule has 1 aromatic heterocycles. The van der Waals surface area contributed by atoms with Gasteiger partial charge >= 0.3 is 0 Å². The zero-order valence-corrected chi connectivity index (χ0v) is 22.8. The number of aromatic amines is 1. The van der Waals surface area contributed by atoms with E-state index in [0.29, 0.717) is 62.1 Å². The average molecular weight is 624 g/mol.